The van der Waals surface area contributed by atoms with E-state index < -0.39 is 0 Å². The fraction of sp³-hybridized carbons (Fsp3) is 0.0769. The van der Waals surface area contributed by atoms with Gasteiger partial charge in [-0.25, -0.2) is 0 Å². The van der Waals surface area contributed by atoms with Crippen LogP contribution in [0.2, 0.25) is 0 Å². The van der Waals surface area contributed by atoms with E-state index in [0.29, 0.717) is 11.5 Å². The zero-order valence-electron chi connectivity index (χ0n) is 9.84. The number of carbonyl (C=O) groups is 1. The van der Waals surface area contributed by atoms with Gasteiger partial charge in [-0.15, -0.1) is 0 Å². The van der Waals surface area contributed by atoms with Crippen LogP contribution in [0.3, 0.4) is 0 Å². The second-order valence-electron chi connectivity index (χ2n) is 4.10. The molecule has 90 valence electrons. The zero-order valence-corrected chi connectivity index (χ0v) is 9.84. The van der Waals surface area contributed by atoms with Crippen LogP contribution in [0.25, 0.3) is 10.9 Å². The molecule has 0 saturated carbocycles. The van der Waals surface area contributed by atoms with Gasteiger partial charge in [0.25, 0.3) is 5.91 Å². The molecular formula is C13H12N4O. The monoisotopic (exact) mass is 240 g/mol. The first kappa shape index (κ1) is 10.6. The van der Waals surface area contributed by atoms with Gasteiger partial charge in [-0.05, 0) is 12.1 Å². The van der Waals surface area contributed by atoms with E-state index in [1.54, 1.807) is 24.0 Å². The molecule has 0 bridgehead atoms. The number of anilines is 1. The molecule has 0 saturated heterocycles. The highest BCUT2D eigenvalue weighted by atomic mass is 16.2. The van der Waals surface area contributed by atoms with E-state index in [9.17, 15) is 4.79 Å². The normalized spacial score (nSPS) is 10.7. The quantitative estimate of drug-likeness (QED) is 0.721. The van der Waals surface area contributed by atoms with Gasteiger partial charge in [0.2, 0.25) is 0 Å². The molecule has 0 spiro atoms. The summed E-state index contributed by atoms with van der Waals surface area (Å²) < 4.78 is 1.64. The molecule has 3 rings (SSSR count). The lowest BCUT2D eigenvalue weighted by molar-refractivity contribution is 0.102. The third kappa shape index (κ3) is 1.86. The second-order valence-corrected chi connectivity index (χ2v) is 4.10. The largest absolute Gasteiger partial charge is 0.351 e. The summed E-state index contributed by atoms with van der Waals surface area (Å²) in [5, 5.41) is 7.86. The van der Waals surface area contributed by atoms with Gasteiger partial charge in [0.05, 0.1) is 0 Å². The van der Waals surface area contributed by atoms with Gasteiger partial charge in [0, 0.05) is 30.2 Å². The molecule has 5 heteroatoms. The van der Waals surface area contributed by atoms with Gasteiger partial charge in [-0.1, -0.05) is 18.2 Å². The maximum absolute atomic E-state index is 12.0. The van der Waals surface area contributed by atoms with Gasteiger partial charge in [0.1, 0.15) is 5.69 Å². The Hall–Kier alpha value is -2.56. The molecular weight excluding hydrogens is 228 g/mol. The van der Waals surface area contributed by atoms with Crippen LogP contribution >= 0.6 is 0 Å². The number of carbonyl (C=O) groups excluding carboxylic acids is 1. The van der Waals surface area contributed by atoms with Gasteiger partial charge >= 0.3 is 0 Å². The molecule has 0 aliphatic rings. The number of hydrogen-bond donors (Lipinski definition) is 2. The molecule has 18 heavy (non-hydrogen) atoms. The minimum atomic E-state index is -0.190. The number of aromatic amines is 1. The smallest absolute Gasteiger partial charge is 0.273 e. The van der Waals surface area contributed by atoms with Crippen molar-refractivity contribution in [3.05, 3.63) is 48.3 Å². The Kier molecular flexibility index (Phi) is 2.37. The Morgan fingerprint density at radius 2 is 2.17 bits per heavy atom. The summed E-state index contributed by atoms with van der Waals surface area (Å²) in [6.45, 7) is 0. The number of fused-ring (bicyclic) bond motifs is 1. The molecule has 2 N–H and O–H groups in total. The first-order valence-corrected chi connectivity index (χ1v) is 5.61. The number of hydrogen-bond acceptors (Lipinski definition) is 2. The van der Waals surface area contributed by atoms with Crippen LogP contribution in [0.5, 0.6) is 0 Å². The molecule has 0 radical (unpaired) electrons. The highest BCUT2D eigenvalue weighted by molar-refractivity contribution is 6.05. The molecule has 2 aromatic heterocycles. The number of aryl methyl sites for hydroxylation is 1. The van der Waals surface area contributed by atoms with Crippen molar-refractivity contribution < 1.29 is 4.79 Å². The summed E-state index contributed by atoms with van der Waals surface area (Å²) in [6, 6.07) is 11.3. The van der Waals surface area contributed by atoms with E-state index in [-0.39, 0.29) is 5.91 Å². The number of benzene rings is 1. The van der Waals surface area contributed by atoms with Crippen molar-refractivity contribution in [1.29, 1.82) is 0 Å². The van der Waals surface area contributed by atoms with E-state index in [2.05, 4.69) is 15.4 Å². The summed E-state index contributed by atoms with van der Waals surface area (Å²) in [5.74, 6) is 0.353. The Labute approximate surface area is 103 Å². The van der Waals surface area contributed by atoms with Crippen molar-refractivity contribution in [2.45, 2.75) is 0 Å². The number of H-pyrrole nitrogens is 1. The van der Waals surface area contributed by atoms with E-state index in [1.807, 2.05) is 30.3 Å². The Morgan fingerprint density at radius 1 is 1.33 bits per heavy atom. The topological polar surface area (TPSA) is 62.7 Å². The van der Waals surface area contributed by atoms with E-state index >= 15 is 0 Å². The SMILES string of the molecule is Cn1ccc(NC(=O)c2cc3ccccc3[nH]2)n1. The Bertz CT molecular complexity index is 677. The first-order valence-electron chi connectivity index (χ1n) is 5.61. The number of aromatic nitrogens is 3. The zero-order chi connectivity index (χ0) is 12.5. The second kappa shape index (κ2) is 4.03. The fourth-order valence-electron chi connectivity index (χ4n) is 1.86. The van der Waals surface area contributed by atoms with Gasteiger partial charge < -0.3 is 10.3 Å². The summed E-state index contributed by atoms with van der Waals surface area (Å²) >= 11 is 0. The highest BCUT2D eigenvalue weighted by Gasteiger charge is 2.10. The molecule has 3 aromatic rings. The summed E-state index contributed by atoms with van der Waals surface area (Å²) in [7, 11) is 1.80. The van der Waals surface area contributed by atoms with Crippen molar-refractivity contribution >= 4 is 22.6 Å². The van der Waals surface area contributed by atoms with E-state index in [1.165, 1.54) is 0 Å². The molecule has 0 unspecified atom stereocenters. The summed E-state index contributed by atoms with van der Waals surface area (Å²) in [5.41, 5.74) is 1.48. The predicted molar refractivity (Wildman–Crippen MR) is 69.5 cm³/mol. The van der Waals surface area contributed by atoms with Crippen LogP contribution in [0, 0.1) is 0 Å². The lowest BCUT2D eigenvalue weighted by Gasteiger charge is -1.98. The third-order valence-corrected chi connectivity index (χ3v) is 2.73. The lowest BCUT2D eigenvalue weighted by Crippen LogP contribution is -2.12. The maximum atomic E-state index is 12.0. The highest BCUT2D eigenvalue weighted by Crippen LogP contribution is 2.15. The lowest BCUT2D eigenvalue weighted by atomic mass is 10.2. The van der Waals surface area contributed by atoms with Crippen LogP contribution in [0.4, 0.5) is 5.82 Å². The molecule has 5 nitrogen and oxygen atoms in total. The van der Waals surface area contributed by atoms with Crippen LogP contribution < -0.4 is 5.32 Å². The number of para-hydroxylation sites is 1. The van der Waals surface area contributed by atoms with Crippen LogP contribution in [0.15, 0.2) is 42.6 Å². The van der Waals surface area contributed by atoms with Crippen molar-refractivity contribution in [1.82, 2.24) is 14.8 Å². The van der Waals surface area contributed by atoms with Gasteiger partial charge in [-0.2, -0.15) is 5.10 Å². The Balaban J connectivity index is 1.87. The van der Waals surface area contributed by atoms with Crippen LogP contribution in [-0.4, -0.2) is 20.7 Å². The number of nitrogens with one attached hydrogen (secondary N) is 2. The standard InChI is InChI=1S/C13H12N4O/c1-17-7-6-12(16-17)15-13(18)11-8-9-4-2-3-5-10(9)14-11/h2-8,14H,1H3,(H,15,16,18). The average molecular weight is 240 g/mol. The minimum Gasteiger partial charge on any atom is -0.351 e. The number of rotatable bonds is 2. The summed E-state index contributed by atoms with van der Waals surface area (Å²) in [6.07, 6.45) is 1.78. The average Bonchev–Trinajstić information content (AvgIpc) is 2.95. The van der Waals surface area contributed by atoms with Crippen molar-refractivity contribution in [3.8, 4) is 0 Å². The summed E-state index contributed by atoms with van der Waals surface area (Å²) in [4.78, 5) is 15.1. The molecule has 0 atom stereocenters. The molecule has 0 aliphatic carbocycles. The minimum absolute atomic E-state index is 0.190. The van der Waals surface area contributed by atoms with Crippen LogP contribution in [-0.2, 0) is 7.05 Å². The number of nitrogens with zero attached hydrogens (tertiary/aromatic N) is 2. The van der Waals surface area contributed by atoms with Crippen molar-refractivity contribution in [2.24, 2.45) is 7.05 Å². The number of amides is 1. The molecule has 0 aliphatic heterocycles. The van der Waals surface area contributed by atoms with Gasteiger partial charge in [-0.3, -0.25) is 9.48 Å². The molecule has 2 heterocycles. The maximum Gasteiger partial charge on any atom is 0.273 e. The van der Waals surface area contributed by atoms with Gasteiger partial charge in [0.15, 0.2) is 5.82 Å². The van der Waals surface area contributed by atoms with E-state index in [0.717, 1.165) is 10.9 Å². The van der Waals surface area contributed by atoms with Crippen molar-refractivity contribution in [3.63, 3.8) is 0 Å². The fourth-order valence-corrected chi connectivity index (χ4v) is 1.86. The van der Waals surface area contributed by atoms with Crippen molar-refractivity contribution in [2.75, 3.05) is 5.32 Å². The molecule has 0 fully saturated rings. The van der Waals surface area contributed by atoms with E-state index in [4.69, 9.17) is 0 Å². The molecule has 1 amide bonds. The molecule has 1 aromatic carbocycles. The van der Waals surface area contributed by atoms with Crippen LogP contribution in [0.1, 0.15) is 10.5 Å². The predicted octanol–water partition coefficient (Wildman–Crippen LogP) is 2.15. The first-order chi connectivity index (χ1) is 8.72. The third-order valence-electron chi connectivity index (χ3n) is 2.73. The Morgan fingerprint density at radius 3 is 2.89 bits per heavy atom.